The molecule has 0 saturated heterocycles. The number of nitrogens with one attached hydrogen (secondary N) is 1. The molecule has 0 bridgehead atoms. The summed E-state index contributed by atoms with van der Waals surface area (Å²) in [4.78, 5) is 22.4. The molecule has 21 heavy (non-hydrogen) atoms. The number of hydrogen-bond donors (Lipinski definition) is 1. The predicted molar refractivity (Wildman–Crippen MR) is 80.7 cm³/mol. The first kappa shape index (κ1) is 14.5. The molecule has 0 aliphatic heterocycles. The number of benzene rings is 2. The molecule has 2 rings (SSSR count). The number of anilines is 1. The minimum atomic E-state index is -0.640. The second-order valence-electron chi connectivity index (χ2n) is 4.52. The first-order valence-corrected chi connectivity index (χ1v) is 6.35. The number of rotatable bonds is 5. The van der Waals surface area contributed by atoms with E-state index in [-0.39, 0.29) is 5.70 Å². The van der Waals surface area contributed by atoms with E-state index in [1.54, 1.807) is 36.4 Å². The highest BCUT2D eigenvalue weighted by Gasteiger charge is 2.16. The Kier molecular flexibility index (Phi) is 4.46. The lowest BCUT2D eigenvalue weighted by atomic mass is 10.1. The zero-order valence-electron chi connectivity index (χ0n) is 11.4. The Bertz CT molecular complexity index is 694. The van der Waals surface area contributed by atoms with Gasteiger partial charge in [0, 0.05) is 11.3 Å². The highest BCUT2D eigenvalue weighted by molar-refractivity contribution is 6.10. The van der Waals surface area contributed by atoms with Gasteiger partial charge in [0.25, 0.3) is 6.20 Å². The molecule has 0 amide bonds. The third-order valence-electron chi connectivity index (χ3n) is 2.81. The van der Waals surface area contributed by atoms with E-state index < -0.39 is 10.7 Å². The summed E-state index contributed by atoms with van der Waals surface area (Å²) in [5.74, 6) is -0.422. The molecule has 0 spiro atoms. The second kappa shape index (κ2) is 6.47. The Morgan fingerprint density at radius 2 is 1.86 bits per heavy atom. The van der Waals surface area contributed by atoms with Gasteiger partial charge in [-0.1, -0.05) is 42.5 Å². The van der Waals surface area contributed by atoms with E-state index in [2.05, 4.69) is 5.32 Å². The first-order chi connectivity index (χ1) is 10.1. The van der Waals surface area contributed by atoms with Crippen LogP contribution in [-0.4, -0.2) is 10.7 Å². The Morgan fingerprint density at radius 1 is 1.14 bits per heavy atom. The lowest BCUT2D eigenvalue weighted by molar-refractivity contribution is -0.403. The second-order valence-corrected chi connectivity index (χ2v) is 4.52. The summed E-state index contributed by atoms with van der Waals surface area (Å²) in [6, 6.07) is 15.7. The van der Waals surface area contributed by atoms with Crippen LogP contribution in [0.1, 0.15) is 15.9 Å². The van der Waals surface area contributed by atoms with Gasteiger partial charge in [0.1, 0.15) is 0 Å². The van der Waals surface area contributed by atoms with Crippen LogP contribution >= 0.6 is 0 Å². The average Bonchev–Trinajstić information content (AvgIpc) is 2.46. The SMILES string of the molecule is Cc1cccc(N/C(=C\[N+](=O)[O-])C(=O)c2ccccc2)c1. The first-order valence-electron chi connectivity index (χ1n) is 6.35. The summed E-state index contributed by atoms with van der Waals surface area (Å²) in [6.07, 6.45) is 0.692. The van der Waals surface area contributed by atoms with Crippen molar-refractivity contribution in [1.82, 2.24) is 0 Å². The van der Waals surface area contributed by atoms with E-state index in [0.717, 1.165) is 5.56 Å². The van der Waals surface area contributed by atoms with Crippen LogP contribution in [0.4, 0.5) is 5.69 Å². The van der Waals surface area contributed by atoms with E-state index >= 15 is 0 Å². The number of aryl methyl sites for hydroxylation is 1. The van der Waals surface area contributed by atoms with Crippen molar-refractivity contribution in [2.75, 3.05) is 5.32 Å². The van der Waals surface area contributed by atoms with Gasteiger partial charge < -0.3 is 5.32 Å². The van der Waals surface area contributed by atoms with Crippen molar-refractivity contribution in [2.45, 2.75) is 6.92 Å². The summed E-state index contributed by atoms with van der Waals surface area (Å²) in [5.41, 5.74) is 1.95. The minimum absolute atomic E-state index is 0.0724. The molecule has 106 valence electrons. The number of allylic oxidation sites excluding steroid dienone is 1. The van der Waals surface area contributed by atoms with Crippen LogP contribution in [0, 0.1) is 17.0 Å². The number of nitrogens with zero attached hydrogens (tertiary/aromatic N) is 1. The van der Waals surface area contributed by atoms with Crippen LogP contribution < -0.4 is 5.32 Å². The van der Waals surface area contributed by atoms with Crippen molar-refractivity contribution in [3.8, 4) is 0 Å². The van der Waals surface area contributed by atoms with E-state index in [1.165, 1.54) is 0 Å². The van der Waals surface area contributed by atoms with Crippen molar-refractivity contribution in [3.63, 3.8) is 0 Å². The molecule has 2 aromatic rings. The smallest absolute Gasteiger partial charge is 0.261 e. The lowest BCUT2D eigenvalue weighted by Crippen LogP contribution is -2.13. The van der Waals surface area contributed by atoms with Gasteiger partial charge in [-0.25, -0.2) is 0 Å². The molecule has 0 saturated carbocycles. The zero-order chi connectivity index (χ0) is 15.2. The average molecular weight is 282 g/mol. The van der Waals surface area contributed by atoms with Gasteiger partial charge in [0.15, 0.2) is 5.70 Å². The third-order valence-corrected chi connectivity index (χ3v) is 2.81. The van der Waals surface area contributed by atoms with Crippen molar-refractivity contribution in [2.24, 2.45) is 0 Å². The van der Waals surface area contributed by atoms with Gasteiger partial charge in [0.2, 0.25) is 5.78 Å². The highest BCUT2D eigenvalue weighted by Crippen LogP contribution is 2.15. The maximum absolute atomic E-state index is 12.3. The molecule has 5 nitrogen and oxygen atoms in total. The number of Topliss-reactive ketones (excluding diaryl/α,β-unsaturated/α-hetero) is 1. The van der Waals surface area contributed by atoms with Gasteiger partial charge in [-0.2, -0.15) is 0 Å². The number of carbonyl (C=O) groups is 1. The number of hydrogen-bond acceptors (Lipinski definition) is 4. The predicted octanol–water partition coefficient (Wildman–Crippen LogP) is 3.41. The maximum atomic E-state index is 12.3. The van der Waals surface area contributed by atoms with E-state index in [9.17, 15) is 14.9 Å². The van der Waals surface area contributed by atoms with E-state index in [1.807, 2.05) is 25.1 Å². The molecular weight excluding hydrogens is 268 g/mol. The zero-order valence-corrected chi connectivity index (χ0v) is 11.4. The molecule has 0 heterocycles. The van der Waals surface area contributed by atoms with Crippen LogP contribution in [0.25, 0.3) is 0 Å². The number of nitro groups is 1. The molecule has 0 aliphatic rings. The molecule has 2 aromatic carbocycles. The van der Waals surface area contributed by atoms with Crippen LogP contribution in [0.3, 0.4) is 0 Å². The Morgan fingerprint density at radius 3 is 2.48 bits per heavy atom. The fraction of sp³-hybridized carbons (Fsp3) is 0.0625. The van der Waals surface area contributed by atoms with Crippen LogP contribution in [0.15, 0.2) is 66.5 Å². The molecule has 0 atom stereocenters. The Balaban J connectivity index is 2.32. The Hall–Kier alpha value is -2.95. The van der Waals surface area contributed by atoms with Gasteiger partial charge in [0.05, 0.1) is 4.92 Å². The van der Waals surface area contributed by atoms with Crippen molar-refractivity contribution < 1.29 is 9.72 Å². The standard InChI is InChI=1S/C16H14N2O3/c1-12-6-5-9-14(10-12)17-15(11-18(20)21)16(19)13-7-3-2-4-8-13/h2-11,17H,1H3/b15-11-. The Labute approximate surface area is 122 Å². The van der Waals surface area contributed by atoms with Crippen molar-refractivity contribution in [1.29, 1.82) is 0 Å². The fourth-order valence-electron chi connectivity index (χ4n) is 1.88. The topological polar surface area (TPSA) is 72.2 Å². The van der Waals surface area contributed by atoms with Crippen LogP contribution in [-0.2, 0) is 0 Å². The van der Waals surface area contributed by atoms with Gasteiger partial charge in [-0.3, -0.25) is 14.9 Å². The summed E-state index contributed by atoms with van der Waals surface area (Å²) in [7, 11) is 0. The van der Waals surface area contributed by atoms with Crippen molar-refractivity contribution >= 4 is 11.5 Å². The summed E-state index contributed by atoms with van der Waals surface area (Å²) >= 11 is 0. The maximum Gasteiger partial charge on any atom is 0.261 e. The highest BCUT2D eigenvalue weighted by atomic mass is 16.6. The quantitative estimate of drug-likeness (QED) is 0.395. The van der Waals surface area contributed by atoms with Gasteiger partial charge in [-0.15, -0.1) is 0 Å². The van der Waals surface area contributed by atoms with Gasteiger partial charge in [-0.05, 0) is 24.6 Å². The molecule has 0 aliphatic carbocycles. The van der Waals surface area contributed by atoms with Crippen LogP contribution in [0.2, 0.25) is 0 Å². The monoisotopic (exact) mass is 282 g/mol. The molecule has 0 unspecified atom stereocenters. The molecular formula is C16H14N2O3. The molecule has 0 aromatic heterocycles. The normalized spacial score (nSPS) is 11.0. The molecule has 5 heteroatoms. The lowest BCUT2D eigenvalue weighted by Gasteiger charge is -2.08. The minimum Gasteiger partial charge on any atom is -0.347 e. The fourth-order valence-corrected chi connectivity index (χ4v) is 1.88. The summed E-state index contributed by atoms with van der Waals surface area (Å²) < 4.78 is 0. The van der Waals surface area contributed by atoms with E-state index in [4.69, 9.17) is 0 Å². The summed E-state index contributed by atoms with van der Waals surface area (Å²) in [5, 5.41) is 13.6. The largest absolute Gasteiger partial charge is 0.347 e. The van der Waals surface area contributed by atoms with Crippen molar-refractivity contribution in [3.05, 3.63) is 87.7 Å². The number of carbonyl (C=O) groups excluding carboxylic acids is 1. The molecule has 1 N–H and O–H groups in total. The van der Waals surface area contributed by atoms with Crippen LogP contribution in [0.5, 0.6) is 0 Å². The summed E-state index contributed by atoms with van der Waals surface area (Å²) in [6.45, 7) is 1.90. The molecule has 0 radical (unpaired) electrons. The third kappa shape index (κ3) is 4.01. The van der Waals surface area contributed by atoms with Gasteiger partial charge >= 0.3 is 0 Å². The van der Waals surface area contributed by atoms with E-state index in [0.29, 0.717) is 17.5 Å². The molecule has 0 fully saturated rings. The number of ketones is 1.